The fourth-order valence-electron chi connectivity index (χ4n) is 1.43. The molecule has 90 valence electrons. The average molecular weight is 297 g/mol. The molecule has 0 spiro atoms. The monoisotopic (exact) mass is 296 g/mol. The molecule has 0 aliphatic heterocycles. The van der Waals surface area contributed by atoms with E-state index in [1.165, 1.54) is 0 Å². The summed E-state index contributed by atoms with van der Waals surface area (Å²) in [5.41, 5.74) is 7.29. The normalized spacial score (nSPS) is 10.5. The second-order valence-corrected chi connectivity index (χ2v) is 4.45. The molecule has 0 aliphatic carbocycles. The van der Waals surface area contributed by atoms with Crippen molar-refractivity contribution < 1.29 is 0 Å². The Morgan fingerprint density at radius 3 is 2.94 bits per heavy atom. The zero-order valence-corrected chi connectivity index (χ0v) is 11.0. The van der Waals surface area contributed by atoms with Crippen molar-refractivity contribution in [2.45, 2.75) is 6.42 Å². The zero-order chi connectivity index (χ0) is 12.3. The van der Waals surface area contributed by atoms with Gasteiger partial charge in [0.2, 0.25) is 0 Å². The molecule has 2 heterocycles. The third-order valence-corrected chi connectivity index (χ3v) is 2.83. The van der Waals surface area contributed by atoms with Crippen molar-refractivity contribution in [3.63, 3.8) is 0 Å². The first kappa shape index (κ1) is 11.8. The molecule has 0 fully saturated rings. The molecule has 3 N–H and O–H groups in total. The minimum absolute atomic E-state index is 0.619. The van der Waals surface area contributed by atoms with E-state index in [0.29, 0.717) is 5.69 Å². The molecule has 2 rings (SSSR count). The molecule has 6 nitrogen and oxygen atoms in total. The Morgan fingerprint density at radius 2 is 2.29 bits per heavy atom. The van der Waals surface area contributed by atoms with Crippen LogP contribution in [0.3, 0.4) is 0 Å². The fraction of sp³-hybridized carbons (Fsp3) is 0.300. The number of aromatic nitrogens is 4. The summed E-state index contributed by atoms with van der Waals surface area (Å²) in [4.78, 5) is 8.12. The Labute approximate surface area is 107 Å². The molecule has 0 aromatic carbocycles. The van der Waals surface area contributed by atoms with E-state index in [1.807, 2.05) is 7.05 Å². The highest BCUT2D eigenvalue weighted by molar-refractivity contribution is 9.10. The van der Waals surface area contributed by atoms with E-state index >= 15 is 0 Å². The number of nitrogens with zero attached hydrogens (tertiary/aromatic N) is 4. The van der Waals surface area contributed by atoms with E-state index in [2.05, 4.69) is 36.3 Å². The van der Waals surface area contributed by atoms with Gasteiger partial charge in [0, 0.05) is 26.2 Å². The number of hydrogen-bond acceptors (Lipinski definition) is 5. The van der Waals surface area contributed by atoms with Crippen LogP contribution >= 0.6 is 15.9 Å². The lowest BCUT2D eigenvalue weighted by atomic mass is 10.3. The van der Waals surface area contributed by atoms with Gasteiger partial charge in [-0.3, -0.25) is 9.67 Å². The molecule has 17 heavy (non-hydrogen) atoms. The average Bonchev–Trinajstić information content (AvgIpc) is 2.69. The second kappa shape index (κ2) is 5.13. The van der Waals surface area contributed by atoms with E-state index in [4.69, 9.17) is 5.73 Å². The number of aryl methyl sites for hydroxylation is 1. The Balaban J connectivity index is 1.94. The SMILES string of the molecule is Cn1cnc(CCNc2c(N)cncc2Br)n1. The van der Waals surface area contributed by atoms with Gasteiger partial charge in [0.1, 0.15) is 6.33 Å². The van der Waals surface area contributed by atoms with Crippen LogP contribution in [0.2, 0.25) is 0 Å². The Kier molecular flexibility index (Phi) is 3.58. The number of halogens is 1. The maximum absolute atomic E-state index is 5.81. The number of nitrogen functional groups attached to an aromatic ring is 1. The van der Waals surface area contributed by atoms with Crippen molar-refractivity contribution in [3.05, 3.63) is 29.0 Å². The second-order valence-electron chi connectivity index (χ2n) is 3.60. The topological polar surface area (TPSA) is 81.7 Å². The molecule has 0 amide bonds. The summed E-state index contributed by atoms with van der Waals surface area (Å²) in [6.45, 7) is 0.719. The molecule has 0 atom stereocenters. The van der Waals surface area contributed by atoms with Crippen molar-refractivity contribution in [3.8, 4) is 0 Å². The number of pyridine rings is 1. The standard InChI is InChI=1S/C10H13BrN6/c1-17-6-15-9(16-17)2-3-14-10-7(11)4-13-5-8(10)12/h4-6H,2-3,12H2,1H3,(H,13,14). The highest BCUT2D eigenvalue weighted by atomic mass is 79.9. The first-order valence-electron chi connectivity index (χ1n) is 5.14. The van der Waals surface area contributed by atoms with Crippen LogP contribution in [-0.2, 0) is 13.5 Å². The van der Waals surface area contributed by atoms with Crippen molar-refractivity contribution in [2.75, 3.05) is 17.6 Å². The fourth-order valence-corrected chi connectivity index (χ4v) is 1.92. The van der Waals surface area contributed by atoms with E-state index in [1.54, 1.807) is 23.4 Å². The number of nitrogens with two attached hydrogens (primary N) is 1. The van der Waals surface area contributed by atoms with E-state index < -0.39 is 0 Å². The summed E-state index contributed by atoms with van der Waals surface area (Å²) in [6, 6.07) is 0. The Hall–Kier alpha value is -1.63. The largest absolute Gasteiger partial charge is 0.396 e. The molecule has 2 aromatic rings. The number of nitrogens with one attached hydrogen (secondary N) is 1. The molecule has 0 unspecified atom stereocenters. The zero-order valence-electron chi connectivity index (χ0n) is 9.39. The van der Waals surface area contributed by atoms with Crippen LogP contribution in [0.15, 0.2) is 23.2 Å². The maximum atomic E-state index is 5.81. The summed E-state index contributed by atoms with van der Waals surface area (Å²) in [7, 11) is 1.85. The number of anilines is 2. The van der Waals surface area contributed by atoms with Gasteiger partial charge in [0.25, 0.3) is 0 Å². The first-order valence-corrected chi connectivity index (χ1v) is 5.93. The molecule has 7 heteroatoms. The third-order valence-electron chi connectivity index (χ3n) is 2.23. The number of rotatable bonds is 4. The molecule has 2 aromatic heterocycles. The van der Waals surface area contributed by atoms with Crippen LogP contribution in [-0.4, -0.2) is 26.3 Å². The molecule has 0 aliphatic rings. The van der Waals surface area contributed by atoms with E-state index in [0.717, 1.165) is 29.0 Å². The summed E-state index contributed by atoms with van der Waals surface area (Å²) < 4.78 is 2.54. The van der Waals surface area contributed by atoms with Crippen LogP contribution in [0, 0.1) is 0 Å². The lowest BCUT2D eigenvalue weighted by Gasteiger charge is -2.09. The quantitative estimate of drug-likeness (QED) is 0.886. The van der Waals surface area contributed by atoms with Crippen LogP contribution in [0.4, 0.5) is 11.4 Å². The molecule has 0 saturated carbocycles. The lowest BCUT2D eigenvalue weighted by molar-refractivity contribution is 0.742. The minimum Gasteiger partial charge on any atom is -0.396 e. The van der Waals surface area contributed by atoms with E-state index in [9.17, 15) is 0 Å². The van der Waals surface area contributed by atoms with Crippen molar-refractivity contribution >= 4 is 27.3 Å². The van der Waals surface area contributed by atoms with Gasteiger partial charge in [-0.25, -0.2) is 4.98 Å². The van der Waals surface area contributed by atoms with Crippen molar-refractivity contribution in [2.24, 2.45) is 7.05 Å². The highest BCUT2D eigenvalue weighted by Gasteiger charge is 2.04. The van der Waals surface area contributed by atoms with Crippen LogP contribution < -0.4 is 11.1 Å². The maximum Gasteiger partial charge on any atom is 0.152 e. The minimum atomic E-state index is 0.619. The smallest absolute Gasteiger partial charge is 0.152 e. The van der Waals surface area contributed by atoms with Crippen molar-refractivity contribution in [1.29, 1.82) is 0 Å². The summed E-state index contributed by atoms with van der Waals surface area (Å²) >= 11 is 3.40. The van der Waals surface area contributed by atoms with Gasteiger partial charge in [-0.2, -0.15) is 5.10 Å². The summed E-state index contributed by atoms with van der Waals surface area (Å²) in [5.74, 6) is 0.809. The summed E-state index contributed by atoms with van der Waals surface area (Å²) in [6.07, 6.45) is 5.75. The molecule has 0 saturated heterocycles. The van der Waals surface area contributed by atoms with Gasteiger partial charge in [0.15, 0.2) is 5.82 Å². The third kappa shape index (κ3) is 2.94. The predicted molar refractivity (Wildman–Crippen MR) is 69.5 cm³/mol. The molecule has 0 bridgehead atoms. The van der Waals surface area contributed by atoms with Crippen molar-refractivity contribution in [1.82, 2.24) is 19.7 Å². The first-order chi connectivity index (χ1) is 8.16. The molecular formula is C10H13BrN6. The highest BCUT2D eigenvalue weighted by Crippen LogP contribution is 2.26. The Morgan fingerprint density at radius 1 is 1.47 bits per heavy atom. The predicted octanol–water partition coefficient (Wildman–Crippen LogP) is 1.21. The molecule has 0 radical (unpaired) electrons. The van der Waals surface area contributed by atoms with Crippen LogP contribution in [0.1, 0.15) is 5.82 Å². The van der Waals surface area contributed by atoms with Gasteiger partial charge in [-0.05, 0) is 15.9 Å². The van der Waals surface area contributed by atoms with Gasteiger partial charge in [-0.15, -0.1) is 0 Å². The van der Waals surface area contributed by atoms with Crippen LogP contribution in [0.5, 0.6) is 0 Å². The van der Waals surface area contributed by atoms with Gasteiger partial charge in [0.05, 0.1) is 22.0 Å². The molecular weight excluding hydrogens is 284 g/mol. The summed E-state index contributed by atoms with van der Waals surface area (Å²) in [5, 5.41) is 7.43. The van der Waals surface area contributed by atoms with Gasteiger partial charge in [-0.1, -0.05) is 0 Å². The van der Waals surface area contributed by atoms with Gasteiger partial charge < -0.3 is 11.1 Å². The van der Waals surface area contributed by atoms with Crippen LogP contribution in [0.25, 0.3) is 0 Å². The van der Waals surface area contributed by atoms with E-state index in [-0.39, 0.29) is 0 Å². The Bertz CT molecular complexity index is 489. The van der Waals surface area contributed by atoms with Gasteiger partial charge >= 0.3 is 0 Å². The lowest BCUT2D eigenvalue weighted by Crippen LogP contribution is -2.09. The number of hydrogen-bond donors (Lipinski definition) is 2.